The van der Waals surface area contributed by atoms with Crippen LogP contribution in [0.15, 0.2) is 25.6 Å². The molecule has 0 atom stereocenters. The summed E-state index contributed by atoms with van der Waals surface area (Å²) in [5.74, 6) is 0. The molecule has 1 heterocycles. The Morgan fingerprint density at radius 3 is 2.20 bits per heavy atom. The molecule has 0 amide bonds. The molecule has 2 N–H and O–H groups in total. The van der Waals surface area contributed by atoms with E-state index in [-0.39, 0.29) is 9.08 Å². The SMILES string of the molecule is Cc1cc(Br)cc(C)c1NS(=O)(=O)c1sc(=O)[nH]c1C. The van der Waals surface area contributed by atoms with Crippen molar-refractivity contribution in [1.29, 1.82) is 0 Å². The van der Waals surface area contributed by atoms with Gasteiger partial charge < -0.3 is 4.98 Å². The van der Waals surface area contributed by atoms with Gasteiger partial charge in [-0.1, -0.05) is 27.3 Å². The summed E-state index contributed by atoms with van der Waals surface area (Å²) < 4.78 is 28.2. The van der Waals surface area contributed by atoms with Crippen LogP contribution >= 0.6 is 27.3 Å². The molecule has 0 aliphatic carbocycles. The lowest BCUT2D eigenvalue weighted by atomic mass is 10.1. The van der Waals surface area contributed by atoms with E-state index in [0.29, 0.717) is 22.7 Å². The molecular formula is C12H13BrN2O3S2. The average molecular weight is 377 g/mol. The third-order valence-electron chi connectivity index (χ3n) is 2.76. The number of anilines is 1. The number of nitrogens with one attached hydrogen (secondary N) is 2. The minimum Gasteiger partial charge on any atom is -0.315 e. The van der Waals surface area contributed by atoms with Gasteiger partial charge in [-0.2, -0.15) is 0 Å². The number of aryl methyl sites for hydroxylation is 3. The largest absolute Gasteiger partial charge is 0.315 e. The Balaban J connectivity index is 2.49. The molecule has 0 saturated heterocycles. The first kappa shape index (κ1) is 15.3. The second-order valence-electron chi connectivity index (χ2n) is 4.45. The minimum atomic E-state index is -3.76. The van der Waals surface area contributed by atoms with Gasteiger partial charge in [-0.25, -0.2) is 8.42 Å². The van der Waals surface area contributed by atoms with Gasteiger partial charge in [0.15, 0.2) is 4.21 Å². The van der Waals surface area contributed by atoms with E-state index in [1.165, 1.54) is 0 Å². The standard InChI is InChI=1S/C12H13BrN2O3S2/c1-6-4-9(13)5-7(2)10(6)15-20(17,18)11-8(3)14-12(16)19-11/h4-5,15H,1-3H3,(H,14,16). The molecule has 8 heteroatoms. The van der Waals surface area contributed by atoms with Crippen molar-refractivity contribution < 1.29 is 8.42 Å². The van der Waals surface area contributed by atoms with Gasteiger partial charge >= 0.3 is 4.87 Å². The Labute approximate surface area is 129 Å². The molecule has 0 aliphatic rings. The fourth-order valence-electron chi connectivity index (χ4n) is 1.90. The Bertz CT molecular complexity index is 798. The number of hydrogen-bond acceptors (Lipinski definition) is 4. The van der Waals surface area contributed by atoms with Crippen LogP contribution in [0.2, 0.25) is 0 Å². The molecule has 108 valence electrons. The Hall–Kier alpha value is -1.12. The summed E-state index contributed by atoms with van der Waals surface area (Å²) in [4.78, 5) is 13.3. The van der Waals surface area contributed by atoms with E-state index in [4.69, 9.17) is 0 Å². The first-order chi connectivity index (χ1) is 9.20. The first-order valence-electron chi connectivity index (χ1n) is 5.70. The average Bonchev–Trinajstić information content (AvgIpc) is 2.64. The highest BCUT2D eigenvalue weighted by Crippen LogP contribution is 2.28. The first-order valence-corrected chi connectivity index (χ1v) is 8.79. The quantitative estimate of drug-likeness (QED) is 0.863. The van der Waals surface area contributed by atoms with E-state index in [1.54, 1.807) is 6.92 Å². The second-order valence-corrected chi connectivity index (χ2v) is 8.22. The maximum atomic E-state index is 12.4. The molecule has 20 heavy (non-hydrogen) atoms. The van der Waals surface area contributed by atoms with Crippen molar-refractivity contribution in [2.24, 2.45) is 0 Å². The molecule has 0 unspecified atom stereocenters. The number of H-pyrrole nitrogens is 1. The second kappa shape index (κ2) is 5.34. The van der Waals surface area contributed by atoms with Crippen LogP contribution in [-0.4, -0.2) is 13.4 Å². The molecule has 0 fully saturated rings. The molecule has 0 aliphatic heterocycles. The summed E-state index contributed by atoms with van der Waals surface area (Å²) >= 11 is 4.05. The predicted octanol–water partition coefficient (Wildman–Crippen LogP) is 2.92. The number of aromatic nitrogens is 1. The summed E-state index contributed by atoms with van der Waals surface area (Å²) in [7, 11) is -3.76. The maximum Gasteiger partial charge on any atom is 0.306 e. The summed E-state index contributed by atoms with van der Waals surface area (Å²) in [6, 6.07) is 3.66. The normalized spacial score (nSPS) is 11.6. The van der Waals surface area contributed by atoms with Crippen molar-refractivity contribution in [3.63, 3.8) is 0 Å². The molecule has 2 aromatic rings. The van der Waals surface area contributed by atoms with Crippen LogP contribution in [0.4, 0.5) is 5.69 Å². The van der Waals surface area contributed by atoms with E-state index >= 15 is 0 Å². The topological polar surface area (TPSA) is 79.0 Å². The number of rotatable bonds is 3. The van der Waals surface area contributed by atoms with Crippen molar-refractivity contribution in [2.45, 2.75) is 25.0 Å². The van der Waals surface area contributed by atoms with Gasteiger partial charge in [0.2, 0.25) is 0 Å². The summed E-state index contributed by atoms with van der Waals surface area (Å²) in [6.45, 7) is 5.21. The lowest BCUT2D eigenvalue weighted by Gasteiger charge is -2.13. The summed E-state index contributed by atoms with van der Waals surface area (Å²) in [6.07, 6.45) is 0. The minimum absolute atomic E-state index is 0.0178. The zero-order chi connectivity index (χ0) is 15.1. The third kappa shape index (κ3) is 2.97. The maximum absolute atomic E-state index is 12.4. The highest BCUT2D eigenvalue weighted by molar-refractivity contribution is 9.10. The molecule has 0 saturated carbocycles. The van der Waals surface area contributed by atoms with Crippen LogP contribution in [0.3, 0.4) is 0 Å². The predicted molar refractivity (Wildman–Crippen MR) is 84.1 cm³/mol. The number of benzene rings is 1. The fraction of sp³-hybridized carbons (Fsp3) is 0.250. The van der Waals surface area contributed by atoms with E-state index in [9.17, 15) is 13.2 Å². The van der Waals surface area contributed by atoms with E-state index in [2.05, 4.69) is 25.6 Å². The zero-order valence-corrected chi connectivity index (χ0v) is 14.3. The van der Waals surface area contributed by atoms with Crippen molar-refractivity contribution in [3.8, 4) is 0 Å². The van der Waals surface area contributed by atoms with Gasteiger partial charge in [0.1, 0.15) is 0 Å². The van der Waals surface area contributed by atoms with Crippen molar-refractivity contribution in [1.82, 2.24) is 4.98 Å². The van der Waals surface area contributed by atoms with E-state index < -0.39 is 10.0 Å². The van der Waals surface area contributed by atoms with Gasteiger partial charge in [-0.15, -0.1) is 0 Å². The van der Waals surface area contributed by atoms with Crippen molar-refractivity contribution in [3.05, 3.63) is 43.1 Å². The molecule has 2 rings (SSSR count). The number of thiazole rings is 1. The molecular weight excluding hydrogens is 364 g/mol. The van der Waals surface area contributed by atoms with Gasteiger partial charge in [0.25, 0.3) is 10.0 Å². The Morgan fingerprint density at radius 1 is 1.20 bits per heavy atom. The number of sulfonamides is 1. The van der Waals surface area contributed by atoms with Crippen LogP contribution in [0, 0.1) is 20.8 Å². The lowest BCUT2D eigenvalue weighted by Crippen LogP contribution is -2.14. The Morgan fingerprint density at radius 2 is 1.75 bits per heavy atom. The number of hydrogen-bond donors (Lipinski definition) is 2. The molecule has 0 bridgehead atoms. The van der Waals surface area contributed by atoms with Crippen LogP contribution in [0.25, 0.3) is 0 Å². The van der Waals surface area contributed by atoms with Crippen LogP contribution in [0.5, 0.6) is 0 Å². The van der Waals surface area contributed by atoms with Crippen molar-refractivity contribution >= 4 is 43.0 Å². The third-order valence-corrected chi connectivity index (χ3v) is 6.17. The van der Waals surface area contributed by atoms with Crippen LogP contribution < -0.4 is 9.60 Å². The molecule has 0 radical (unpaired) electrons. The monoisotopic (exact) mass is 376 g/mol. The van der Waals surface area contributed by atoms with Gasteiger partial charge in [0.05, 0.1) is 5.69 Å². The zero-order valence-electron chi connectivity index (χ0n) is 11.1. The van der Waals surface area contributed by atoms with Crippen LogP contribution in [0.1, 0.15) is 16.8 Å². The van der Waals surface area contributed by atoms with Gasteiger partial charge in [-0.05, 0) is 44.0 Å². The smallest absolute Gasteiger partial charge is 0.306 e. The highest BCUT2D eigenvalue weighted by atomic mass is 79.9. The number of halogens is 1. The van der Waals surface area contributed by atoms with Crippen molar-refractivity contribution in [2.75, 3.05) is 4.72 Å². The highest BCUT2D eigenvalue weighted by Gasteiger charge is 2.22. The van der Waals surface area contributed by atoms with E-state index in [1.807, 2.05) is 26.0 Å². The fourth-order valence-corrected chi connectivity index (χ4v) is 5.09. The van der Waals surface area contributed by atoms with Gasteiger partial charge in [0, 0.05) is 10.2 Å². The summed E-state index contributed by atoms with van der Waals surface area (Å²) in [5.41, 5.74) is 2.50. The number of aromatic amines is 1. The van der Waals surface area contributed by atoms with E-state index in [0.717, 1.165) is 15.6 Å². The summed E-state index contributed by atoms with van der Waals surface area (Å²) in [5, 5.41) is 0. The molecule has 1 aromatic heterocycles. The molecule has 1 aromatic carbocycles. The molecule has 5 nitrogen and oxygen atoms in total. The Kier molecular flexibility index (Phi) is 4.08. The van der Waals surface area contributed by atoms with Gasteiger partial charge in [-0.3, -0.25) is 9.52 Å². The van der Waals surface area contributed by atoms with Crippen LogP contribution in [-0.2, 0) is 10.0 Å². The molecule has 0 spiro atoms. The lowest BCUT2D eigenvalue weighted by molar-refractivity contribution is 0.602.